The second-order valence-electron chi connectivity index (χ2n) is 5.83. The highest BCUT2D eigenvalue weighted by Crippen LogP contribution is 2.39. The van der Waals surface area contributed by atoms with Gasteiger partial charge in [0.1, 0.15) is 6.61 Å². The van der Waals surface area contributed by atoms with Gasteiger partial charge in [0.2, 0.25) is 5.75 Å². The van der Waals surface area contributed by atoms with E-state index in [0.717, 1.165) is 0 Å². The van der Waals surface area contributed by atoms with Crippen LogP contribution in [0, 0.1) is 0 Å². The number of ether oxygens (including phenoxy) is 6. The molecule has 0 saturated heterocycles. The van der Waals surface area contributed by atoms with E-state index >= 15 is 0 Å². The third kappa shape index (κ3) is 5.47. The molecule has 0 spiro atoms. The Hall–Kier alpha value is -3.09. The number of hydrogen-bond donors (Lipinski definition) is 0. The molecular weight excluding hydrogens is 376 g/mol. The molecule has 0 bridgehead atoms. The van der Waals surface area contributed by atoms with Crippen LogP contribution in [0.5, 0.6) is 28.7 Å². The summed E-state index contributed by atoms with van der Waals surface area (Å²) < 4.78 is 33.1. The predicted molar refractivity (Wildman–Crippen MR) is 109 cm³/mol. The van der Waals surface area contributed by atoms with Gasteiger partial charge < -0.3 is 28.4 Å². The minimum atomic E-state index is -0.514. The highest BCUT2D eigenvalue weighted by molar-refractivity contribution is 5.91. The summed E-state index contributed by atoms with van der Waals surface area (Å²) in [6.07, 6.45) is 0. The van der Waals surface area contributed by atoms with Crippen molar-refractivity contribution in [2.24, 2.45) is 0 Å². The molecule has 0 amide bonds. The minimum absolute atomic E-state index is 0.0281. The number of carbonyl (C=O) groups is 1. The van der Waals surface area contributed by atoms with Gasteiger partial charge in [0.05, 0.1) is 39.6 Å². The topological polar surface area (TPSA) is 72.5 Å². The van der Waals surface area contributed by atoms with Crippen LogP contribution in [0.25, 0.3) is 0 Å². The van der Waals surface area contributed by atoms with Crippen molar-refractivity contribution < 1.29 is 33.2 Å². The van der Waals surface area contributed by atoms with E-state index < -0.39 is 5.97 Å². The molecule has 2 aromatic carbocycles. The molecule has 0 aliphatic carbocycles. The number of rotatable bonds is 11. The zero-order valence-corrected chi connectivity index (χ0v) is 17.6. The van der Waals surface area contributed by atoms with E-state index in [1.54, 1.807) is 32.4 Å². The van der Waals surface area contributed by atoms with Gasteiger partial charge in [-0.05, 0) is 39.0 Å². The van der Waals surface area contributed by atoms with Crippen LogP contribution in [0.4, 0.5) is 0 Å². The largest absolute Gasteiger partial charge is 0.493 e. The van der Waals surface area contributed by atoms with E-state index in [9.17, 15) is 4.79 Å². The highest BCUT2D eigenvalue weighted by atomic mass is 16.5. The molecule has 0 radical (unpaired) electrons. The van der Waals surface area contributed by atoms with E-state index in [1.165, 1.54) is 0 Å². The first kappa shape index (κ1) is 22.2. The zero-order chi connectivity index (χ0) is 21.2. The van der Waals surface area contributed by atoms with Crippen molar-refractivity contribution in [1.82, 2.24) is 0 Å². The van der Waals surface area contributed by atoms with Crippen molar-refractivity contribution in [3.8, 4) is 28.7 Å². The first-order valence-electron chi connectivity index (χ1n) is 9.52. The third-order valence-electron chi connectivity index (χ3n) is 3.99. The average Bonchev–Trinajstić information content (AvgIpc) is 2.73. The van der Waals surface area contributed by atoms with Gasteiger partial charge >= 0.3 is 5.97 Å². The SMILES string of the molecule is CCOc1cc(C(=O)OCc2cccc(OC)c2OC)cc(OCC)c1OCC. The molecule has 158 valence electrons. The fraction of sp³-hybridized carbons (Fsp3) is 0.409. The molecule has 0 aliphatic rings. The Balaban J connectivity index is 2.28. The summed E-state index contributed by atoms with van der Waals surface area (Å²) in [5.41, 5.74) is 1.00. The van der Waals surface area contributed by atoms with Crippen LogP contribution in [0.1, 0.15) is 36.7 Å². The molecule has 0 aromatic heterocycles. The molecule has 7 nitrogen and oxygen atoms in total. The first-order valence-corrected chi connectivity index (χ1v) is 9.52. The molecule has 0 fully saturated rings. The van der Waals surface area contributed by atoms with Crippen molar-refractivity contribution >= 4 is 5.97 Å². The van der Waals surface area contributed by atoms with Crippen LogP contribution in [0.2, 0.25) is 0 Å². The lowest BCUT2D eigenvalue weighted by atomic mass is 10.1. The summed E-state index contributed by atoms with van der Waals surface area (Å²) in [5, 5.41) is 0. The second-order valence-corrected chi connectivity index (χ2v) is 5.83. The molecule has 0 aliphatic heterocycles. The van der Waals surface area contributed by atoms with Gasteiger partial charge in [0, 0.05) is 5.56 Å². The second kappa shape index (κ2) is 11.0. The summed E-state index contributed by atoms with van der Waals surface area (Å²) in [5.74, 6) is 1.93. The van der Waals surface area contributed by atoms with Gasteiger partial charge in [-0.1, -0.05) is 12.1 Å². The number of esters is 1. The summed E-state index contributed by atoms with van der Waals surface area (Å²) in [4.78, 5) is 12.7. The van der Waals surface area contributed by atoms with Crippen LogP contribution in [-0.4, -0.2) is 40.0 Å². The van der Waals surface area contributed by atoms with Crippen LogP contribution in [0.3, 0.4) is 0 Å². The molecular formula is C22H28O7. The number of benzene rings is 2. The van der Waals surface area contributed by atoms with Crippen LogP contribution in [-0.2, 0) is 11.3 Å². The van der Waals surface area contributed by atoms with Crippen LogP contribution < -0.4 is 23.7 Å². The van der Waals surface area contributed by atoms with E-state index in [-0.39, 0.29) is 6.61 Å². The summed E-state index contributed by atoms with van der Waals surface area (Å²) in [7, 11) is 3.09. The minimum Gasteiger partial charge on any atom is -0.493 e. The molecule has 7 heteroatoms. The Morgan fingerprint density at radius 3 is 1.93 bits per heavy atom. The Morgan fingerprint density at radius 2 is 1.41 bits per heavy atom. The molecule has 0 N–H and O–H groups in total. The lowest BCUT2D eigenvalue weighted by Gasteiger charge is -2.17. The lowest BCUT2D eigenvalue weighted by Crippen LogP contribution is -2.09. The fourth-order valence-electron chi connectivity index (χ4n) is 2.80. The Labute approximate surface area is 171 Å². The molecule has 0 heterocycles. The van der Waals surface area contributed by atoms with E-state index in [1.807, 2.05) is 32.9 Å². The summed E-state index contributed by atoms with van der Waals surface area (Å²) in [6, 6.07) is 8.59. The van der Waals surface area contributed by atoms with Crippen molar-refractivity contribution in [2.45, 2.75) is 27.4 Å². The maximum absolute atomic E-state index is 12.7. The van der Waals surface area contributed by atoms with Crippen LogP contribution in [0.15, 0.2) is 30.3 Å². The van der Waals surface area contributed by atoms with E-state index in [0.29, 0.717) is 59.7 Å². The molecule has 0 unspecified atom stereocenters. The normalized spacial score (nSPS) is 10.2. The molecule has 0 atom stereocenters. The average molecular weight is 404 g/mol. The van der Waals surface area contributed by atoms with Crippen molar-refractivity contribution in [2.75, 3.05) is 34.0 Å². The fourth-order valence-corrected chi connectivity index (χ4v) is 2.80. The van der Waals surface area contributed by atoms with Gasteiger partial charge in [-0.25, -0.2) is 4.79 Å². The van der Waals surface area contributed by atoms with Gasteiger partial charge in [-0.15, -0.1) is 0 Å². The smallest absolute Gasteiger partial charge is 0.338 e. The van der Waals surface area contributed by atoms with E-state index in [4.69, 9.17) is 28.4 Å². The number of carbonyl (C=O) groups excluding carboxylic acids is 1. The Kier molecular flexibility index (Phi) is 8.45. The van der Waals surface area contributed by atoms with Crippen molar-refractivity contribution in [3.63, 3.8) is 0 Å². The summed E-state index contributed by atoms with van der Waals surface area (Å²) in [6.45, 7) is 6.90. The monoisotopic (exact) mass is 404 g/mol. The third-order valence-corrected chi connectivity index (χ3v) is 3.99. The van der Waals surface area contributed by atoms with Crippen molar-refractivity contribution in [1.29, 1.82) is 0 Å². The first-order chi connectivity index (χ1) is 14.1. The quantitative estimate of drug-likeness (QED) is 0.518. The predicted octanol–water partition coefficient (Wildman–Crippen LogP) is 4.26. The van der Waals surface area contributed by atoms with Crippen LogP contribution >= 0.6 is 0 Å². The Morgan fingerprint density at radius 1 is 0.793 bits per heavy atom. The van der Waals surface area contributed by atoms with Gasteiger partial charge in [0.15, 0.2) is 23.0 Å². The Bertz CT molecular complexity index is 790. The van der Waals surface area contributed by atoms with E-state index in [2.05, 4.69) is 0 Å². The molecule has 29 heavy (non-hydrogen) atoms. The zero-order valence-electron chi connectivity index (χ0n) is 17.6. The highest BCUT2D eigenvalue weighted by Gasteiger charge is 2.20. The number of methoxy groups -OCH3 is 2. The lowest BCUT2D eigenvalue weighted by molar-refractivity contribution is 0.0468. The maximum atomic E-state index is 12.7. The van der Waals surface area contributed by atoms with Crippen molar-refractivity contribution in [3.05, 3.63) is 41.5 Å². The summed E-state index contributed by atoms with van der Waals surface area (Å²) >= 11 is 0. The molecule has 2 rings (SSSR count). The number of hydrogen-bond acceptors (Lipinski definition) is 7. The van der Waals surface area contributed by atoms with Gasteiger partial charge in [-0.3, -0.25) is 0 Å². The standard InChI is InChI=1S/C22H28O7/c1-6-26-18-12-16(13-19(27-7-2)21(18)28-8-3)22(23)29-14-15-10-9-11-17(24-4)20(15)25-5/h9-13H,6-8,14H2,1-5H3. The van der Waals surface area contributed by atoms with Gasteiger partial charge in [-0.2, -0.15) is 0 Å². The number of para-hydroxylation sites is 1. The molecule has 0 saturated carbocycles. The van der Waals surface area contributed by atoms with Gasteiger partial charge in [0.25, 0.3) is 0 Å². The molecule has 2 aromatic rings. The maximum Gasteiger partial charge on any atom is 0.338 e.